The van der Waals surface area contributed by atoms with Crippen LogP contribution in [0.5, 0.6) is 0 Å². The van der Waals surface area contributed by atoms with Gasteiger partial charge in [-0.1, -0.05) is 0 Å². The van der Waals surface area contributed by atoms with Gasteiger partial charge >= 0.3 is 0 Å². The minimum atomic E-state index is -0.473. The maximum Gasteiger partial charge on any atom is 0.253 e. The van der Waals surface area contributed by atoms with Crippen molar-refractivity contribution in [3.05, 3.63) is 23.0 Å². The number of rotatable bonds is 5. The molecule has 3 rings (SSSR count). The van der Waals surface area contributed by atoms with Crippen molar-refractivity contribution in [1.29, 1.82) is 0 Å². The SMILES string of the molecule is Cc1cc(C(=O)NC(C)(CO)C2CC2)c(C)n1C1CC1. The van der Waals surface area contributed by atoms with E-state index in [0.29, 0.717) is 12.0 Å². The highest BCUT2D eigenvalue weighted by Crippen LogP contribution is 2.40. The zero-order valence-electron chi connectivity index (χ0n) is 12.6. The standard InChI is InChI=1S/C16H24N2O2/c1-10-8-14(11(2)18(10)13-6-7-13)15(20)17-16(3,9-19)12-4-5-12/h8,12-13,19H,4-7,9H2,1-3H3,(H,17,20). The molecule has 0 aromatic carbocycles. The average molecular weight is 276 g/mol. The number of carbonyl (C=O) groups is 1. The van der Waals surface area contributed by atoms with Crippen molar-refractivity contribution in [1.82, 2.24) is 9.88 Å². The summed E-state index contributed by atoms with van der Waals surface area (Å²) in [6.07, 6.45) is 4.62. The van der Waals surface area contributed by atoms with Crippen LogP contribution in [-0.2, 0) is 0 Å². The van der Waals surface area contributed by atoms with Gasteiger partial charge in [0.05, 0.1) is 17.7 Å². The van der Waals surface area contributed by atoms with E-state index in [1.165, 1.54) is 12.8 Å². The lowest BCUT2D eigenvalue weighted by Gasteiger charge is -2.28. The molecule has 0 spiro atoms. The molecule has 2 N–H and O–H groups in total. The van der Waals surface area contributed by atoms with Crippen LogP contribution in [0.3, 0.4) is 0 Å². The fraction of sp³-hybridized carbons (Fsp3) is 0.688. The first-order chi connectivity index (χ1) is 9.46. The van der Waals surface area contributed by atoms with Gasteiger partial charge in [0.1, 0.15) is 0 Å². The highest BCUT2D eigenvalue weighted by Gasteiger charge is 2.42. The second-order valence-electron chi connectivity index (χ2n) is 6.69. The molecule has 2 fully saturated rings. The summed E-state index contributed by atoms with van der Waals surface area (Å²) in [6, 6.07) is 2.57. The van der Waals surface area contributed by atoms with Crippen molar-refractivity contribution >= 4 is 5.91 Å². The maximum atomic E-state index is 12.5. The Hall–Kier alpha value is -1.29. The van der Waals surface area contributed by atoms with Gasteiger partial charge in [-0.05, 0) is 58.4 Å². The second kappa shape index (κ2) is 4.62. The highest BCUT2D eigenvalue weighted by molar-refractivity contribution is 5.96. The minimum Gasteiger partial charge on any atom is -0.394 e. The largest absolute Gasteiger partial charge is 0.394 e. The first-order valence-electron chi connectivity index (χ1n) is 7.58. The first-order valence-corrected chi connectivity index (χ1v) is 7.58. The molecule has 1 heterocycles. The first kappa shape index (κ1) is 13.7. The molecular formula is C16H24N2O2. The van der Waals surface area contributed by atoms with E-state index in [1.54, 1.807) is 0 Å². The van der Waals surface area contributed by atoms with E-state index in [9.17, 15) is 9.90 Å². The van der Waals surface area contributed by atoms with E-state index in [2.05, 4.69) is 16.8 Å². The molecule has 0 bridgehead atoms. The summed E-state index contributed by atoms with van der Waals surface area (Å²) in [6.45, 7) is 6.04. The molecule has 4 heteroatoms. The summed E-state index contributed by atoms with van der Waals surface area (Å²) in [7, 11) is 0. The summed E-state index contributed by atoms with van der Waals surface area (Å²) in [5.41, 5.74) is 2.50. The van der Waals surface area contributed by atoms with Crippen LogP contribution in [0.15, 0.2) is 6.07 Å². The lowest BCUT2D eigenvalue weighted by Crippen LogP contribution is -2.50. The van der Waals surface area contributed by atoms with Crippen molar-refractivity contribution in [3.63, 3.8) is 0 Å². The van der Waals surface area contributed by atoms with Crippen molar-refractivity contribution in [2.45, 2.75) is 58.0 Å². The fourth-order valence-electron chi connectivity index (χ4n) is 3.22. The van der Waals surface area contributed by atoms with Crippen LogP contribution < -0.4 is 5.32 Å². The van der Waals surface area contributed by atoms with Crippen LogP contribution >= 0.6 is 0 Å². The number of aliphatic hydroxyl groups excluding tert-OH is 1. The van der Waals surface area contributed by atoms with Crippen LogP contribution in [-0.4, -0.2) is 27.7 Å². The van der Waals surface area contributed by atoms with Gasteiger partial charge in [0, 0.05) is 17.4 Å². The van der Waals surface area contributed by atoms with E-state index in [0.717, 1.165) is 29.8 Å². The zero-order chi connectivity index (χ0) is 14.5. The lowest BCUT2D eigenvalue weighted by atomic mass is 9.96. The van der Waals surface area contributed by atoms with Gasteiger partial charge in [0.2, 0.25) is 0 Å². The smallest absolute Gasteiger partial charge is 0.253 e. The normalized spacial score (nSPS) is 21.6. The van der Waals surface area contributed by atoms with Gasteiger partial charge < -0.3 is 15.0 Å². The molecule has 1 unspecified atom stereocenters. The molecule has 1 amide bonds. The van der Waals surface area contributed by atoms with Crippen molar-refractivity contribution in [3.8, 4) is 0 Å². The Morgan fingerprint density at radius 3 is 2.55 bits per heavy atom. The Balaban J connectivity index is 1.82. The summed E-state index contributed by atoms with van der Waals surface area (Å²) < 4.78 is 2.28. The molecule has 1 atom stereocenters. The quantitative estimate of drug-likeness (QED) is 0.867. The Morgan fingerprint density at radius 1 is 1.40 bits per heavy atom. The van der Waals surface area contributed by atoms with Crippen LogP contribution in [0, 0.1) is 19.8 Å². The maximum absolute atomic E-state index is 12.5. The van der Waals surface area contributed by atoms with Gasteiger partial charge in [-0.3, -0.25) is 4.79 Å². The summed E-state index contributed by atoms with van der Waals surface area (Å²) in [5, 5.41) is 12.7. The molecule has 2 aliphatic rings. The van der Waals surface area contributed by atoms with Crippen molar-refractivity contribution < 1.29 is 9.90 Å². The second-order valence-corrected chi connectivity index (χ2v) is 6.69. The number of aliphatic hydroxyl groups is 1. The summed E-state index contributed by atoms with van der Waals surface area (Å²) >= 11 is 0. The van der Waals surface area contributed by atoms with Crippen LogP contribution in [0.1, 0.15) is 60.4 Å². The number of aryl methyl sites for hydroxylation is 1. The molecule has 2 saturated carbocycles. The molecule has 110 valence electrons. The number of aromatic nitrogens is 1. The fourth-order valence-corrected chi connectivity index (χ4v) is 3.22. The molecular weight excluding hydrogens is 252 g/mol. The van der Waals surface area contributed by atoms with Crippen LogP contribution in [0.2, 0.25) is 0 Å². The zero-order valence-corrected chi connectivity index (χ0v) is 12.6. The summed E-state index contributed by atoms with van der Waals surface area (Å²) in [4.78, 5) is 12.5. The topological polar surface area (TPSA) is 54.3 Å². The predicted octanol–water partition coefficient (Wildman–Crippen LogP) is 2.33. The van der Waals surface area contributed by atoms with Crippen molar-refractivity contribution in [2.24, 2.45) is 5.92 Å². The molecule has 1 aromatic heterocycles. The monoisotopic (exact) mass is 276 g/mol. The molecule has 0 aliphatic heterocycles. The van der Waals surface area contributed by atoms with Crippen LogP contribution in [0.4, 0.5) is 0 Å². The van der Waals surface area contributed by atoms with E-state index < -0.39 is 5.54 Å². The molecule has 2 aliphatic carbocycles. The third-order valence-electron chi connectivity index (χ3n) is 4.85. The number of carbonyl (C=O) groups excluding carboxylic acids is 1. The Labute approximate surface area is 120 Å². The lowest BCUT2D eigenvalue weighted by molar-refractivity contribution is 0.0824. The van der Waals surface area contributed by atoms with Gasteiger partial charge in [-0.2, -0.15) is 0 Å². The van der Waals surface area contributed by atoms with E-state index >= 15 is 0 Å². The van der Waals surface area contributed by atoms with E-state index in [4.69, 9.17) is 0 Å². The molecule has 20 heavy (non-hydrogen) atoms. The van der Waals surface area contributed by atoms with Crippen molar-refractivity contribution in [2.75, 3.05) is 6.61 Å². The van der Waals surface area contributed by atoms with Crippen LogP contribution in [0.25, 0.3) is 0 Å². The predicted molar refractivity (Wildman–Crippen MR) is 77.9 cm³/mol. The Bertz CT molecular complexity index is 541. The number of hydrogen-bond donors (Lipinski definition) is 2. The molecule has 0 saturated heterocycles. The molecule has 1 aromatic rings. The van der Waals surface area contributed by atoms with Gasteiger partial charge in [-0.15, -0.1) is 0 Å². The number of nitrogens with zero attached hydrogens (tertiary/aromatic N) is 1. The summed E-state index contributed by atoms with van der Waals surface area (Å²) in [5.74, 6) is 0.372. The number of hydrogen-bond acceptors (Lipinski definition) is 2. The Morgan fingerprint density at radius 2 is 2.05 bits per heavy atom. The molecule has 0 radical (unpaired) electrons. The van der Waals surface area contributed by atoms with Gasteiger partial charge in [0.25, 0.3) is 5.91 Å². The van der Waals surface area contributed by atoms with Gasteiger partial charge in [-0.25, -0.2) is 0 Å². The highest BCUT2D eigenvalue weighted by atomic mass is 16.3. The van der Waals surface area contributed by atoms with E-state index in [-0.39, 0.29) is 12.5 Å². The number of amides is 1. The van der Waals surface area contributed by atoms with E-state index in [1.807, 2.05) is 19.9 Å². The van der Waals surface area contributed by atoms with Gasteiger partial charge in [0.15, 0.2) is 0 Å². The molecule has 4 nitrogen and oxygen atoms in total. The minimum absolute atomic E-state index is 0.00473. The third-order valence-corrected chi connectivity index (χ3v) is 4.85. The number of nitrogens with one attached hydrogen (secondary N) is 1. The Kier molecular flexibility index (Phi) is 3.16. The average Bonchev–Trinajstić information content (AvgIpc) is 3.27. The third kappa shape index (κ3) is 2.26.